The molecule has 470 valence electrons. The second-order valence-corrected chi connectivity index (χ2v) is 24.6. The summed E-state index contributed by atoms with van der Waals surface area (Å²) in [5.41, 5.74) is 0. The molecule has 0 aromatic carbocycles. The first-order valence-electron chi connectivity index (χ1n) is 35.9. The van der Waals surface area contributed by atoms with Gasteiger partial charge in [0.15, 0.2) is 0 Å². The maximum atomic E-state index is 12.5. The van der Waals surface area contributed by atoms with Crippen LogP contribution in [0.2, 0.25) is 0 Å². The first kappa shape index (κ1) is 77.8. The highest BCUT2D eigenvalue weighted by molar-refractivity contribution is 5.76. The minimum Gasteiger partial charge on any atom is -0.466 e. The van der Waals surface area contributed by atoms with Gasteiger partial charge in [-0.1, -0.05) is 332 Å². The summed E-state index contributed by atoms with van der Waals surface area (Å²) in [5.74, 6) is -0.0620. The molecule has 0 spiro atoms. The summed E-state index contributed by atoms with van der Waals surface area (Å²) >= 11 is 0. The molecule has 0 bridgehead atoms. The Bertz CT molecular complexity index is 1340. The van der Waals surface area contributed by atoms with E-state index < -0.39 is 12.1 Å². The average molecular weight is 1120 g/mol. The molecule has 0 aliphatic rings. The van der Waals surface area contributed by atoms with Gasteiger partial charge in [0.05, 0.1) is 25.4 Å². The first-order chi connectivity index (χ1) is 39.5. The summed E-state index contributed by atoms with van der Waals surface area (Å²) in [4.78, 5) is 24.6. The van der Waals surface area contributed by atoms with Gasteiger partial charge >= 0.3 is 5.97 Å². The van der Waals surface area contributed by atoms with Crippen LogP contribution in [0.15, 0.2) is 48.6 Å². The van der Waals surface area contributed by atoms with Crippen molar-refractivity contribution < 1.29 is 24.5 Å². The van der Waals surface area contributed by atoms with Crippen molar-refractivity contribution in [2.45, 2.75) is 398 Å². The van der Waals surface area contributed by atoms with Gasteiger partial charge in [0.2, 0.25) is 5.91 Å². The number of allylic oxidation sites excluding steroid dienone is 7. The highest BCUT2D eigenvalue weighted by Crippen LogP contribution is 2.18. The molecule has 2 atom stereocenters. The molecule has 0 rings (SSSR count). The van der Waals surface area contributed by atoms with Crippen molar-refractivity contribution in [1.29, 1.82) is 0 Å². The summed E-state index contributed by atoms with van der Waals surface area (Å²) in [6.07, 6.45) is 90.5. The molecule has 2 unspecified atom stereocenters. The van der Waals surface area contributed by atoms with E-state index in [1.165, 1.54) is 308 Å². The van der Waals surface area contributed by atoms with Gasteiger partial charge in [-0.15, -0.1) is 0 Å². The molecule has 0 aliphatic carbocycles. The SMILES string of the molecule is CCCCCCCCC/C=C\CCCCCCCC(=O)OCCCCCCCCCCC/C=C\C/C=C\CCCCCCCCCCCCCCCC(=O)NC(CO)C(O)/C=C/CCCCCCCCCCCCCCCCCC. The third-order valence-corrected chi connectivity index (χ3v) is 16.6. The van der Waals surface area contributed by atoms with Gasteiger partial charge in [-0.3, -0.25) is 9.59 Å². The fourth-order valence-electron chi connectivity index (χ4n) is 11.1. The fraction of sp³-hybridized carbons (Fsp3) is 0.865. The molecule has 6 heteroatoms. The van der Waals surface area contributed by atoms with Crippen LogP contribution >= 0.6 is 0 Å². The second kappa shape index (κ2) is 69.3. The molecule has 1 amide bonds. The molecule has 0 saturated heterocycles. The molecule has 0 fully saturated rings. The van der Waals surface area contributed by atoms with Crippen LogP contribution in [0, 0.1) is 0 Å². The quantitative estimate of drug-likeness (QED) is 0.0320. The molecule has 0 aliphatic heterocycles. The number of unbranched alkanes of at least 4 members (excludes halogenated alkanes) is 50. The molecular weight excluding hydrogens is 983 g/mol. The Balaban J connectivity index is 3.43. The number of aliphatic hydroxyl groups is 2. The van der Waals surface area contributed by atoms with Gasteiger partial charge in [-0.25, -0.2) is 0 Å². The number of esters is 1. The van der Waals surface area contributed by atoms with E-state index in [1.807, 2.05) is 6.08 Å². The van der Waals surface area contributed by atoms with E-state index in [0.717, 1.165) is 51.4 Å². The average Bonchev–Trinajstić information content (AvgIpc) is 3.46. The highest BCUT2D eigenvalue weighted by Gasteiger charge is 2.18. The summed E-state index contributed by atoms with van der Waals surface area (Å²) in [7, 11) is 0. The first-order valence-corrected chi connectivity index (χ1v) is 35.9. The Kier molecular flexibility index (Phi) is 67.4. The lowest BCUT2D eigenvalue weighted by molar-refractivity contribution is -0.143. The van der Waals surface area contributed by atoms with Crippen LogP contribution in [0.1, 0.15) is 386 Å². The van der Waals surface area contributed by atoms with E-state index in [1.54, 1.807) is 6.08 Å². The van der Waals surface area contributed by atoms with E-state index in [0.29, 0.717) is 19.4 Å². The number of carbonyl (C=O) groups excluding carboxylic acids is 2. The van der Waals surface area contributed by atoms with Crippen molar-refractivity contribution in [3.05, 3.63) is 48.6 Å². The predicted octanol–water partition coefficient (Wildman–Crippen LogP) is 23.3. The standard InChI is InChI=1S/C74H139NO5/c1-3-5-7-9-11-13-15-17-19-21-35-38-42-46-50-54-58-62-66-72(77)71(70-76)75-73(78)67-63-59-55-51-47-43-39-36-33-31-29-27-25-23-22-24-26-28-30-32-34-37-41-45-49-53-57-61-65-69-80-74(79)68-64-60-56-52-48-44-40-20-18-16-14-12-10-8-6-4-2/h20,22,24,28,30,40,62,66,71-72,76-77H,3-19,21,23,25-27,29,31-39,41-61,63-65,67-70H2,1-2H3,(H,75,78)/b24-22-,30-28-,40-20-,66-62+. The molecule has 0 aromatic rings. The monoisotopic (exact) mass is 1120 g/mol. The van der Waals surface area contributed by atoms with Gasteiger partial charge in [0.1, 0.15) is 0 Å². The fourth-order valence-corrected chi connectivity index (χ4v) is 11.1. The van der Waals surface area contributed by atoms with Crippen LogP contribution < -0.4 is 5.32 Å². The van der Waals surface area contributed by atoms with E-state index in [4.69, 9.17) is 4.74 Å². The zero-order chi connectivity index (χ0) is 57.8. The van der Waals surface area contributed by atoms with Crippen molar-refractivity contribution in [2.24, 2.45) is 0 Å². The number of carbonyl (C=O) groups is 2. The number of ether oxygens (including phenoxy) is 1. The zero-order valence-corrected chi connectivity index (χ0v) is 53.8. The van der Waals surface area contributed by atoms with Crippen molar-refractivity contribution in [1.82, 2.24) is 5.32 Å². The predicted molar refractivity (Wildman–Crippen MR) is 352 cm³/mol. The minimum absolute atomic E-state index is 0.00449. The number of hydrogen-bond acceptors (Lipinski definition) is 5. The van der Waals surface area contributed by atoms with E-state index in [2.05, 4.69) is 55.6 Å². The Morgan fingerprint density at radius 2 is 0.625 bits per heavy atom. The van der Waals surface area contributed by atoms with Gasteiger partial charge in [-0.05, 0) is 89.9 Å². The Morgan fingerprint density at radius 1 is 0.350 bits per heavy atom. The maximum absolute atomic E-state index is 12.5. The van der Waals surface area contributed by atoms with Crippen LogP contribution in [0.3, 0.4) is 0 Å². The topological polar surface area (TPSA) is 95.9 Å². The summed E-state index contributed by atoms with van der Waals surface area (Å²) in [5, 5.41) is 23.2. The largest absolute Gasteiger partial charge is 0.466 e. The van der Waals surface area contributed by atoms with Crippen molar-refractivity contribution in [3.8, 4) is 0 Å². The van der Waals surface area contributed by atoms with Gasteiger partial charge in [0.25, 0.3) is 0 Å². The van der Waals surface area contributed by atoms with Gasteiger partial charge in [0, 0.05) is 12.8 Å². The van der Waals surface area contributed by atoms with Gasteiger partial charge < -0.3 is 20.3 Å². The third kappa shape index (κ3) is 65.0. The smallest absolute Gasteiger partial charge is 0.305 e. The lowest BCUT2D eigenvalue weighted by atomic mass is 10.0. The number of rotatable bonds is 67. The van der Waals surface area contributed by atoms with Gasteiger partial charge in [-0.2, -0.15) is 0 Å². The maximum Gasteiger partial charge on any atom is 0.305 e. The lowest BCUT2D eigenvalue weighted by Crippen LogP contribution is -2.45. The Hall–Kier alpha value is -2.18. The second-order valence-electron chi connectivity index (χ2n) is 24.6. The normalized spacial score (nSPS) is 12.8. The number of hydrogen-bond donors (Lipinski definition) is 3. The van der Waals surface area contributed by atoms with Crippen LogP contribution in [-0.4, -0.2) is 47.4 Å². The number of amides is 1. The minimum atomic E-state index is -0.846. The third-order valence-electron chi connectivity index (χ3n) is 16.6. The van der Waals surface area contributed by atoms with Crippen molar-refractivity contribution in [3.63, 3.8) is 0 Å². The Morgan fingerprint density at radius 3 is 0.963 bits per heavy atom. The molecule has 0 aromatic heterocycles. The molecule has 0 saturated carbocycles. The summed E-state index contributed by atoms with van der Waals surface area (Å²) in [6.45, 7) is 4.92. The summed E-state index contributed by atoms with van der Waals surface area (Å²) < 4.78 is 5.49. The van der Waals surface area contributed by atoms with E-state index in [9.17, 15) is 19.8 Å². The molecule has 3 N–H and O–H groups in total. The van der Waals surface area contributed by atoms with E-state index >= 15 is 0 Å². The highest BCUT2D eigenvalue weighted by atomic mass is 16.5. The number of aliphatic hydroxyl groups excluding tert-OH is 2. The van der Waals surface area contributed by atoms with E-state index in [-0.39, 0.29) is 18.5 Å². The molecular formula is C74H139NO5. The van der Waals surface area contributed by atoms with Crippen molar-refractivity contribution in [2.75, 3.05) is 13.2 Å². The summed E-state index contributed by atoms with van der Waals surface area (Å²) in [6, 6.07) is -0.630. The number of nitrogens with one attached hydrogen (secondary N) is 1. The molecule has 6 nitrogen and oxygen atoms in total. The Labute approximate surface area is 499 Å². The molecule has 0 radical (unpaired) electrons. The zero-order valence-electron chi connectivity index (χ0n) is 53.8. The van der Waals surface area contributed by atoms with Crippen LogP contribution in [0.25, 0.3) is 0 Å². The van der Waals surface area contributed by atoms with Crippen molar-refractivity contribution >= 4 is 11.9 Å². The lowest BCUT2D eigenvalue weighted by Gasteiger charge is -2.20. The molecule has 0 heterocycles. The van der Waals surface area contributed by atoms with Crippen LogP contribution in [-0.2, 0) is 14.3 Å². The van der Waals surface area contributed by atoms with Crippen LogP contribution in [0.5, 0.6) is 0 Å². The molecule has 80 heavy (non-hydrogen) atoms. The van der Waals surface area contributed by atoms with Crippen LogP contribution in [0.4, 0.5) is 0 Å².